The third-order valence-electron chi connectivity index (χ3n) is 6.10. The van der Waals surface area contributed by atoms with Crippen molar-refractivity contribution in [2.75, 3.05) is 13.1 Å². The number of carbonyl (C=O) groups is 1. The van der Waals surface area contributed by atoms with Crippen molar-refractivity contribution in [3.8, 4) is 0 Å². The van der Waals surface area contributed by atoms with Crippen molar-refractivity contribution >= 4 is 5.91 Å². The molecule has 1 amide bonds. The normalized spacial score (nSPS) is 43.1. The average molecular weight is 264 g/mol. The lowest BCUT2D eigenvalue weighted by atomic mass is 9.74. The van der Waals surface area contributed by atoms with Crippen molar-refractivity contribution in [3.63, 3.8) is 0 Å². The van der Waals surface area contributed by atoms with E-state index in [0.29, 0.717) is 5.91 Å². The van der Waals surface area contributed by atoms with Gasteiger partial charge in [0.15, 0.2) is 0 Å². The first-order chi connectivity index (χ1) is 9.11. The fourth-order valence-electron chi connectivity index (χ4n) is 4.61. The third kappa shape index (κ3) is 2.31. The van der Waals surface area contributed by atoms with E-state index in [4.69, 9.17) is 5.73 Å². The highest BCUT2D eigenvalue weighted by Gasteiger charge is 2.46. The zero-order valence-electron chi connectivity index (χ0n) is 12.2. The van der Waals surface area contributed by atoms with Crippen LogP contribution >= 0.6 is 0 Å². The van der Waals surface area contributed by atoms with Crippen LogP contribution in [-0.2, 0) is 4.79 Å². The Balaban J connectivity index is 1.67. The van der Waals surface area contributed by atoms with Gasteiger partial charge in [-0.05, 0) is 44.4 Å². The molecule has 108 valence electrons. The van der Waals surface area contributed by atoms with Crippen molar-refractivity contribution in [2.45, 2.75) is 64.3 Å². The first-order valence-electron chi connectivity index (χ1n) is 8.16. The first-order valence-corrected chi connectivity index (χ1v) is 8.16. The number of nitrogens with two attached hydrogens (primary N) is 1. The first kappa shape index (κ1) is 13.4. The van der Waals surface area contributed by atoms with Gasteiger partial charge in [0.05, 0.1) is 5.41 Å². The fourth-order valence-corrected chi connectivity index (χ4v) is 4.61. The molecule has 2 aliphatic carbocycles. The standard InChI is InChI=1S/C16H28N2O/c1-16(9-4-7-14(16)17)15(19)18-10-8-12-5-2-3-6-13(12)11-18/h12-14H,2-11,17H2,1H3. The summed E-state index contributed by atoms with van der Waals surface area (Å²) in [6, 6.07) is 0.0732. The molecule has 3 fully saturated rings. The minimum Gasteiger partial charge on any atom is -0.342 e. The van der Waals surface area contributed by atoms with Gasteiger partial charge in [-0.1, -0.05) is 25.7 Å². The number of piperidine rings is 1. The fraction of sp³-hybridized carbons (Fsp3) is 0.938. The van der Waals surface area contributed by atoms with Crippen LogP contribution in [0.5, 0.6) is 0 Å². The minimum absolute atomic E-state index is 0.0732. The van der Waals surface area contributed by atoms with E-state index in [-0.39, 0.29) is 11.5 Å². The second kappa shape index (κ2) is 5.08. The van der Waals surface area contributed by atoms with Gasteiger partial charge in [0.25, 0.3) is 0 Å². The highest BCUT2D eigenvalue weighted by Crippen LogP contribution is 2.41. The Hall–Kier alpha value is -0.570. The zero-order valence-corrected chi connectivity index (χ0v) is 12.2. The molecular formula is C16H28N2O. The van der Waals surface area contributed by atoms with Gasteiger partial charge >= 0.3 is 0 Å². The maximum Gasteiger partial charge on any atom is 0.230 e. The summed E-state index contributed by atoms with van der Waals surface area (Å²) in [7, 11) is 0. The molecule has 0 aromatic heterocycles. The van der Waals surface area contributed by atoms with Gasteiger partial charge in [-0.25, -0.2) is 0 Å². The van der Waals surface area contributed by atoms with E-state index >= 15 is 0 Å². The lowest BCUT2D eigenvalue weighted by Crippen LogP contribution is -2.53. The lowest BCUT2D eigenvalue weighted by Gasteiger charge is -2.44. The van der Waals surface area contributed by atoms with Crippen molar-refractivity contribution in [1.29, 1.82) is 0 Å². The summed E-state index contributed by atoms with van der Waals surface area (Å²) >= 11 is 0. The predicted molar refractivity (Wildman–Crippen MR) is 76.6 cm³/mol. The second-order valence-electron chi connectivity index (χ2n) is 7.26. The van der Waals surface area contributed by atoms with Gasteiger partial charge in [-0.2, -0.15) is 0 Å². The molecule has 1 heterocycles. The SMILES string of the molecule is CC1(C(=O)N2CCC3CCCCC3C2)CCCC1N. The third-order valence-corrected chi connectivity index (χ3v) is 6.10. The quantitative estimate of drug-likeness (QED) is 0.791. The van der Waals surface area contributed by atoms with Crippen LogP contribution in [-0.4, -0.2) is 29.9 Å². The molecule has 4 atom stereocenters. The molecule has 0 aromatic rings. The summed E-state index contributed by atoms with van der Waals surface area (Å²) in [6.45, 7) is 4.08. The summed E-state index contributed by atoms with van der Waals surface area (Å²) < 4.78 is 0. The van der Waals surface area contributed by atoms with E-state index in [0.717, 1.165) is 44.2 Å². The Morgan fingerprint density at radius 1 is 1.11 bits per heavy atom. The summed E-state index contributed by atoms with van der Waals surface area (Å²) in [5, 5.41) is 0. The molecule has 1 saturated heterocycles. The van der Waals surface area contributed by atoms with Crippen molar-refractivity contribution in [3.05, 3.63) is 0 Å². The number of likely N-dealkylation sites (tertiary alicyclic amines) is 1. The van der Waals surface area contributed by atoms with E-state index in [1.54, 1.807) is 0 Å². The van der Waals surface area contributed by atoms with Crippen molar-refractivity contribution in [1.82, 2.24) is 4.90 Å². The minimum atomic E-state index is -0.276. The molecule has 19 heavy (non-hydrogen) atoms. The Morgan fingerprint density at radius 2 is 1.84 bits per heavy atom. The average Bonchev–Trinajstić information content (AvgIpc) is 2.78. The predicted octanol–water partition coefficient (Wildman–Crippen LogP) is 2.54. The van der Waals surface area contributed by atoms with Gasteiger partial charge < -0.3 is 10.6 Å². The van der Waals surface area contributed by atoms with Crippen LogP contribution in [0.25, 0.3) is 0 Å². The molecule has 0 aromatic carbocycles. The van der Waals surface area contributed by atoms with E-state index in [1.807, 2.05) is 0 Å². The van der Waals surface area contributed by atoms with Crippen LogP contribution in [0.1, 0.15) is 58.3 Å². The maximum atomic E-state index is 12.9. The number of fused-ring (bicyclic) bond motifs is 1. The summed E-state index contributed by atoms with van der Waals surface area (Å²) in [6.07, 6.45) is 9.82. The Kier molecular flexibility index (Phi) is 3.59. The van der Waals surface area contributed by atoms with E-state index in [2.05, 4.69) is 11.8 Å². The van der Waals surface area contributed by atoms with E-state index in [9.17, 15) is 4.79 Å². The Morgan fingerprint density at radius 3 is 2.53 bits per heavy atom. The number of hydrogen-bond acceptors (Lipinski definition) is 2. The molecule has 4 unspecified atom stereocenters. The summed E-state index contributed by atoms with van der Waals surface area (Å²) in [5.41, 5.74) is 5.93. The Bertz CT molecular complexity index is 357. The molecule has 0 spiro atoms. The Labute approximate surface area is 116 Å². The van der Waals surface area contributed by atoms with Gasteiger partial charge in [0, 0.05) is 19.1 Å². The number of hydrogen-bond donors (Lipinski definition) is 1. The van der Waals surface area contributed by atoms with Crippen molar-refractivity contribution in [2.24, 2.45) is 23.0 Å². The highest BCUT2D eigenvalue weighted by molar-refractivity contribution is 5.83. The molecule has 3 nitrogen and oxygen atoms in total. The van der Waals surface area contributed by atoms with Crippen LogP contribution < -0.4 is 5.73 Å². The van der Waals surface area contributed by atoms with Crippen LogP contribution in [0.3, 0.4) is 0 Å². The number of rotatable bonds is 1. The van der Waals surface area contributed by atoms with Crippen molar-refractivity contribution < 1.29 is 4.79 Å². The zero-order chi connectivity index (χ0) is 13.5. The summed E-state index contributed by atoms with van der Waals surface area (Å²) in [5.74, 6) is 2.01. The number of nitrogens with zero attached hydrogens (tertiary/aromatic N) is 1. The molecule has 3 aliphatic rings. The highest BCUT2D eigenvalue weighted by atomic mass is 16.2. The van der Waals surface area contributed by atoms with Crippen LogP contribution in [0.2, 0.25) is 0 Å². The largest absolute Gasteiger partial charge is 0.342 e. The number of amides is 1. The molecule has 0 radical (unpaired) electrons. The molecule has 1 aliphatic heterocycles. The molecule has 3 rings (SSSR count). The number of carbonyl (C=O) groups excluding carboxylic acids is 1. The molecule has 2 saturated carbocycles. The van der Waals surface area contributed by atoms with E-state index < -0.39 is 0 Å². The van der Waals surface area contributed by atoms with Gasteiger partial charge in [-0.15, -0.1) is 0 Å². The van der Waals surface area contributed by atoms with Gasteiger partial charge in [0.2, 0.25) is 5.91 Å². The molecule has 3 heteroatoms. The summed E-state index contributed by atoms with van der Waals surface area (Å²) in [4.78, 5) is 15.0. The molecule has 0 bridgehead atoms. The topological polar surface area (TPSA) is 46.3 Å². The molecule has 2 N–H and O–H groups in total. The van der Waals surface area contributed by atoms with Crippen LogP contribution in [0, 0.1) is 17.3 Å². The van der Waals surface area contributed by atoms with E-state index in [1.165, 1.54) is 32.1 Å². The lowest BCUT2D eigenvalue weighted by molar-refractivity contribution is -0.144. The van der Waals surface area contributed by atoms with Crippen LogP contribution in [0.4, 0.5) is 0 Å². The maximum absolute atomic E-state index is 12.9. The van der Waals surface area contributed by atoms with Gasteiger partial charge in [-0.3, -0.25) is 4.79 Å². The monoisotopic (exact) mass is 264 g/mol. The molecular weight excluding hydrogens is 236 g/mol. The van der Waals surface area contributed by atoms with Gasteiger partial charge in [0.1, 0.15) is 0 Å². The smallest absolute Gasteiger partial charge is 0.230 e. The van der Waals surface area contributed by atoms with Crippen LogP contribution in [0.15, 0.2) is 0 Å². The second-order valence-corrected chi connectivity index (χ2v) is 7.26.